The first kappa shape index (κ1) is 13.3. The van der Waals surface area contributed by atoms with Crippen molar-refractivity contribution in [2.24, 2.45) is 0 Å². The van der Waals surface area contributed by atoms with E-state index in [-0.39, 0.29) is 23.2 Å². The Kier molecular flexibility index (Phi) is 4.30. The van der Waals surface area contributed by atoms with Crippen LogP contribution in [-0.4, -0.2) is 21.9 Å². The first-order chi connectivity index (χ1) is 9.15. The van der Waals surface area contributed by atoms with Crippen LogP contribution in [0.25, 0.3) is 0 Å². The largest absolute Gasteiger partial charge is 0.508 e. The molecule has 3 N–H and O–H groups in total. The van der Waals surface area contributed by atoms with Crippen molar-refractivity contribution in [1.82, 2.24) is 0 Å². The van der Waals surface area contributed by atoms with Gasteiger partial charge in [-0.3, -0.25) is 4.79 Å². The molecule has 1 amide bonds. The predicted octanol–water partition coefficient (Wildman–Crippen LogP) is 2.83. The fraction of sp³-hybridized carbons (Fsp3) is 0.0714. The number of aromatic hydroxyl groups is 2. The lowest BCUT2D eigenvalue weighted by Gasteiger charge is -2.06. The monoisotopic (exact) mass is 275 g/mol. The van der Waals surface area contributed by atoms with Crippen molar-refractivity contribution in [2.45, 2.75) is 4.90 Å². The third kappa shape index (κ3) is 3.93. The van der Waals surface area contributed by atoms with Crippen LogP contribution in [0.15, 0.2) is 53.4 Å². The maximum absolute atomic E-state index is 11.7. The Hall–Kier alpha value is -2.14. The number of thioether (sulfide) groups is 1. The van der Waals surface area contributed by atoms with E-state index in [0.717, 1.165) is 4.90 Å². The number of carbonyl (C=O) groups is 1. The van der Waals surface area contributed by atoms with Gasteiger partial charge < -0.3 is 15.5 Å². The van der Waals surface area contributed by atoms with Crippen molar-refractivity contribution in [3.8, 4) is 11.5 Å². The zero-order valence-electron chi connectivity index (χ0n) is 10.0. The molecular weight excluding hydrogens is 262 g/mol. The molecule has 19 heavy (non-hydrogen) atoms. The minimum Gasteiger partial charge on any atom is -0.508 e. The highest BCUT2D eigenvalue weighted by molar-refractivity contribution is 8.00. The highest BCUT2D eigenvalue weighted by Crippen LogP contribution is 2.23. The lowest BCUT2D eigenvalue weighted by Crippen LogP contribution is -2.13. The van der Waals surface area contributed by atoms with Gasteiger partial charge in [0.1, 0.15) is 11.5 Å². The molecule has 0 unspecified atom stereocenters. The summed E-state index contributed by atoms with van der Waals surface area (Å²) in [4.78, 5) is 12.6. The SMILES string of the molecule is O=C(CSc1ccc(O)cc1)Nc1ccccc1O. The minimum absolute atomic E-state index is 0.0467. The maximum Gasteiger partial charge on any atom is 0.234 e. The molecule has 0 bridgehead atoms. The Morgan fingerprint density at radius 1 is 1.05 bits per heavy atom. The zero-order valence-corrected chi connectivity index (χ0v) is 10.9. The molecular formula is C14H13NO3S. The van der Waals surface area contributed by atoms with Gasteiger partial charge >= 0.3 is 0 Å². The molecule has 0 saturated carbocycles. The number of phenols is 2. The van der Waals surface area contributed by atoms with Crippen molar-refractivity contribution >= 4 is 23.4 Å². The molecule has 0 radical (unpaired) electrons. The third-order valence-electron chi connectivity index (χ3n) is 2.38. The van der Waals surface area contributed by atoms with Crippen LogP contribution < -0.4 is 5.32 Å². The van der Waals surface area contributed by atoms with Gasteiger partial charge in [-0.1, -0.05) is 12.1 Å². The molecule has 0 spiro atoms. The molecule has 0 aliphatic rings. The number of anilines is 1. The van der Waals surface area contributed by atoms with Crippen LogP contribution in [0.2, 0.25) is 0 Å². The van der Waals surface area contributed by atoms with Gasteiger partial charge in [0, 0.05) is 4.90 Å². The number of rotatable bonds is 4. The quantitative estimate of drug-likeness (QED) is 0.593. The molecule has 98 valence electrons. The highest BCUT2D eigenvalue weighted by atomic mass is 32.2. The molecule has 0 atom stereocenters. The summed E-state index contributed by atoms with van der Waals surface area (Å²) in [5.74, 6) is 0.284. The van der Waals surface area contributed by atoms with E-state index >= 15 is 0 Å². The standard InChI is InChI=1S/C14H13NO3S/c16-10-5-7-11(8-6-10)19-9-14(18)15-12-3-1-2-4-13(12)17/h1-8,16-17H,9H2,(H,15,18). The van der Waals surface area contributed by atoms with Crippen LogP contribution in [0.5, 0.6) is 11.5 Å². The maximum atomic E-state index is 11.7. The van der Waals surface area contributed by atoms with Gasteiger partial charge in [-0.2, -0.15) is 0 Å². The van der Waals surface area contributed by atoms with E-state index in [1.165, 1.54) is 17.8 Å². The molecule has 2 aromatic carbocycles. The summed E-state index contributed by atoms with van der Waals surface area (Å²) in [6.45, 7) is 0. The molecule has 5 heteroatoms. The van der Waals surface area contributed by atoms with Crippen molar-refractivity contribution < 1.29 is 15.0 Å². The van der Waals surface area contributed by atoms with E-state index < -0.39 is 0 Å². The zero-order chi connectivity index (χ0) is 13.7. The topological polar surface area (TPSA) is 69.6 Å². The van der Waals surface area contributed by atoms with Crippen molar-refractivity contribution in [3.05, 3.63) is 48.5 Å². The number of nitrogens with one attached hydrogen (secondary N) is 1. The molecule has 0 aliphatic carbocycles. The summed E-state index contributed by atoms with van der Waals surface area (Å²) < 4.78 is 0. The highest BCUT2D eigenvalue weighted by Gasteiger charge is 2.06. The van der Waals surface area contributed by atoms with Crippen LogP contribution >= 0.6 is 11.8 Å². The van der Waals surface area contributed by atoms with Gasteiger partial charge in [-0.15, -0.1) is 11.8 Å². The summed E-state index contributed by atoms with van der Waals surface area (Å²) in [6, 6.07) is 13.2. The fourth-order valence-electron chi connectivity index (χ4n) is 1.46. The van der Waals surface area contributed by atoms with Crippen LogP contribution in [0.4, 0.5) is 5.69 Å². The number of para-hydroxylation sites is 2. The smallest absolute Gasteiger partial charge is 0.234 e. The van der Waals surface area contributed by atoms with Gasteiger partial charge in [0.25, 0.3) is 0 Å². The van der Waals surface area contributed by atoms with Gasteiger partial charge in [-0.05, 0) is 36.4 Å². The lowest BCUT2D eigenvalue weighted by molar-refractivity contribution is -0.113. The molecule has 0 aromatic heterocycles. The second-order valence-corrected chi connectivity index (χ2v) is 4.90. The lowest BCUT2D eigenvalue weighted by atomic mass is 10.3. The number of benzene rings is 2. The summed E-state index contributed by atoms with van der Waals surface area (Å²) in [5.41, 5.74) is 0.402. The number of phenolic OH excluding ortho intramolecular Hbond substituents is 2. The van der Waals surface area contributed by atoms with Gasteiger partial charge in [0.15, 0.2) is 0 Å². The average Bonchev–Trinajstić information content (AvgIpc) is 2.41. The average molecular weight is 275 g/mol. The van der Waals surface area contributed by atoms with Gasteiger partial charge in [0.2, 0.25) is 5.91 Å². The molecule has 0 heterocycles. The fourth-order valence-corrected chi connectivity index (χ4v) is 2.16. The Balaban J connectivity index is 1.88. The number of amides is 1. The van der Waals surface area contributed by atoms with Crippen LogP contribution in [0.3, 0.4) is 0 Å². The molecule has 2 aromatic rings. The summed E-state index contributed by atoms with van der Waals surface area (Å²) in [6.07, 6.45) is 0. The second-order valence-electron chi connectivity index (χ2n) is 3.85. The van der Waals surface area contributed by atoms with E-state index in [0.29, 0.717) is 5.69 Å². The predicted molar refractivity (Wildman–Crippen MR) is 75.6 cm³/mol. The van der Waals surface area contributed by atoms with E-state index in [9.17, 15) is 9.90 Å². The minimum atomic E-state index is -0.195. The first-order valence-electron chi connectivity index (χ1n) is 5.65. The van der Waals surface area contributed by atoms with Crippen molar-refractivity contribution in [1.29, 1.82) is 0 Å². The van der Waals surface area contributed by atoms with E-state index in [1.807, 2.05) is 0 Å². The Morgan fingerprint density at radius 2 is 1.74 bits per heavy atom. The summed E-state index contributed by atoms with van der Waals surface area (Å²) >= 11 is 1.36. The normalized spacial score (nSPS) is 10.1. The Labute approximate surface area is 115 Å². The molecule has 0 fully saturated rings. The summed E-state index contributed by atoms with van der Waals surface area (Å²) in [7, 11) is 0. The second kappa shape index (κ2) is 6.15. The van der Waals surface area contributed by atoms with Crippen LogP contribution in [0.1, 0.15) is 0 Å². The Morgan fingerprint density at radius 3 is 2.42 bits per heavy atom. The molecule has 0 saturated heterocycles. The van der Waals surface area contributed by atoms with E-state index in [1.54, 1.807) is 42.5 Å². The molecule has 4 nitrogen and oxygen atoms in total. The number of hydrogen-bond acceptors (Lipinski definition) is 4. The first-order valence-corrected chi connectivity index (χ1v) is 6.63. The van der Waals surface area contributed by atoms with E-state index in [4.69, 9.17) is 5.11 Å². The van der Waals surface area contributed by atoms with Gasteiger partial charge in [-0.25, -0.2) is 0 Å². The van der Waals surface area contributed by atoms with Crippen LogP contribution in [0, 0.1) is 0 Å². The van der Waals surface area contributed by atoms with Crippen molar-refractivity contribution in [2.75, 3.05) is 11.1 Å². The molecule has 2 rings (SSSR count). The van der Waals surface area contributed by atoms with Gasteiger partial charge in [0.05, 0.1) is 11.4 Å². The number of carbonyl (C=O) groups excluding carboxylic acids is 1. The van der Waals surface area contributed by atoms with Crippen molar-refractivity contribution in [3.63, 3.8) is 0 Å². The summed E-state index contributed by atoms with van der Waals surface area (Å²) in [5, 5.41) is 21.3. The third-order valence-corrected chi connectivity index (χ3v) is 3.40. The molecule has 0 aliphatic heterocycles. The van der Waals surface area contributed by atoms with E-state index in [2.05, 4.69) is 5.32 Å². The number of hydrogen-bond donors (Lipinski definition) is 3. The van der Waals surface area contributed by atoms with Crippen LogP contribution in [-0.2, 0) is 4.79 Å². The Bertz CT molecular complexity index is 569.